The Bertz CT molecular complexity index is 1160. The Labute approximate surface area is 228 Å². The maximum Gasteiger partial charge on any atom is 0.329 e. The lowest BCUT2D eigenvalue weighted by atomic mass is 9.98. The van der Waals surface area contributed by atoms with Crippen molar-refractivity contribution in [2.75, 3.05) is 13.6 Å². The van der Waals surface area contributed by atoms with Crippen LogP contribution in [0.25, 0.3) is 0 Å². The molecule has 3 N–H and O–H groups in total. The fraction of sp³-hybridized carbons (Fsp3) is 0.607. The molecule has 1 aromatic carbocycles. The summed E-state index contributed by atoms with van der Waals surface area (Å²) in [6.07, 6.45) is 4.82. The van der Waals surface area contributed by atoms with Gasteiger partial charge in [-0.2, -0.15) is 0 Å². The molecule has 1 aromatic rings. The van der Waals surface area contributed by atoms with Gasteiger partial charge in [0.25, 0.3) is 5.91 Å². The van der Waals surface area contributed by atoms with E-state index < -0.39 is 24.2 Å². The standard InChI is InChI=1S/C28H37N5O6/c1-16(29-2)24(34)31-21-9-4-3-8-19-10-11-22(33(19)27(21)37)25(35)30-14-17-6-5-7-18(12-17)26(36)32-15-20-13-23(32)28(38)39-20/h5-7,12,16,19-23,29H,3-4,8-11,13-15H2,1-2H3,(H,30,35)(H,31,34)/t16?,19-,20+,21-,22-,23+/m0/s1. The van der Waals surface area contributed by atoms with Gasteiger partial charge >= 0.3 is 5.97 Å². The number of carbonyl (C=O) groups excluding carboxylic acids is 5. The van der Waals surface area contributed by atoms with E-state index in [4.69, 9.17) is 4.74 Å². The number of nitrogens with one attached hydrogen (secondary N) is 3. The summed E-state index contributed by atoms with van der Waals surface area (Å²) < 4.78 is 5.18. The average molecular weight is 540 g/mol. The summed E-state index contributed by atoms with van der Waals surface area (Å²) in [5.74, 6) is -1.24. The summed E-state index contributed by atoms with van der Waals surface area (Å²) in [5, 5.41) is 8.73. The number of nitrogens with zero attached hydrogens (tertiary/aromatic N) is 2. The molecule has 210 valence electrons. The van der Waals surface area contributed by atoms with Gasteiger partial charge in [0.1, 0.15) is 24.2 Å². The molecular weight excluding hydrogens is 502 g/mol. The molecule has 0 aliphatic carbocycles. The lowest BCUT2D eigenvalue weighted by molar-refractivity contribution is -0.149. The summed E-state index contributed by atoms with van der Waals surface area (Å²) in [7, 11) is 1.69. The number of carbonyl (C=O) groups is 5. The van der Waals surface area contributed by atoms with Crippen molar-refractivity contribution in [2.24, 2.45) is 0 Å². The number of fused-ring (bicyclic) bond motifs is 3. The van der Waals surface area contributed by atoms with Gasteiger partial charge in [-0.3, -0.25) is 19.2 Å². The minimum Gasteiger partial charge on any atom is -0.459 e. The molecule has 11 nitrogen and oxygen atoms in total. The molecule has 6 atom stereocenters. The summed E-state index contributed by atoms with van der Waals surface area (Å²) in [6.45, 7) is 2.35. The number of hydrogen-bond donors (Lipinski definition) is 3. The highest BCUT2D eigenvalue weighted by Gasteiger charge is 2.48. The lowest BCUT2D eigenvalue weighted by Crippen LogP contribution is -2.57. The first-order chi connectivity index (χ1) is 18.8. The van der Waals surface area contributed by atoms with Gasteiger partial charge in [-0.1, -0.05) is 25.0 Å². The van der Waals surface area contributed by atoms with Gasteiger partial charge in [-0.25, -0.2) is 4.79 Å². The van der Waals surface area contributed by atoms with Gasteiger partial charge in [0.2, 0.25) is 17.7 Å². The third-order valence-electron chi connectivity index (χ3n) is 8.50. The number of likely N-dealkylation sites (N-methyl/N-ethyl adjacent to an activating group) is 1. The number of hydrogen-bond acceptors (Lipinski definition) is 7. The highest BCUT2D eigenvalue weighted by Crippen LogP contribution is 2.32. The summed E-state index contributed by atoms with van der Waals surface area (Å²) in [6, 6.07) is 4.81. The largest absolute Gasteiger partial charge is 0.459 e. The van der Waals surface area contributed by atoms with E-state index in [2.05, 4.69) is 16.0 Å². The molecule has 0 aromatic heterocycles. The molecule has 0 saturated carbocycles. The zero-order chi connectivity index (χ0) is 27.7. The topological polar surface area (TPSA) is 137 Å². The molecule has 0 spiro atoms. The molecule has 4 fully saturated rings. The van der Waals surface area contributed by atoms with Crippen LogP contribution in [0.3, 0.4) is 0 Å². The predicted molar refractivity (Wildman–Crippen MR) is 140 cm³/mol. The molecular formula is C28H37N5O6. The second-order valence-electron chi connectivity index (χ2n) is 11.0. The van der Waals surface area contributed by atoms with Crippen molar-refractivity contribution < 1.29 is 28.7 Å². The minimum absolute atomic E-state index is 0.0156. The Kier molecular flexibility index (Phi) is 7.88. The molecule has 4 saturated heterocycles. The number of rotatable bonds is 7. The van der Waals surface area contributed by atoms with Crippen molar-refractivity contribution in [1.82, 2.24) is 25.8 Å². The molecule has 0 radical (unpaired) electrons. The van der Waals surface area contributed by atoms with Crippen molar-refractivity contribution in [1.29, 1.82) is 0 Å². The lowest BCUT2D eigenvalue weighted by Gasteiger charge is -2.35. The quantitative estimate of drug-likeness (QED) is 0.429. The first kappa shape index (κ1) is 27.1. The summed E-state index contributed by atoms with van der Waals surface area (Å²) in [5.41, 5.74) is 1.21. The Morgan fingerprint density at radius 1 is 1.10 bits per heavy atom. The normalized spacial score (nSPS) is 28.8. The Hall–Kier alpha value is -3.47. The molecule has 39 heavy (non-hydrogen) atoms. The predicted octanol–water partition coefficient (Wildman–Crippen LogP) is 0.469. The van der Waals surface area contributed by atoms with Crippen LogP contribution < -0.4 is 16.0 Å². The number of ether oxygens (including phenoxy) is 1. The number of esters is 1. The van der Waals surface area contributed by atoms with Crippen molar-refractivity contribution in [2.45, 2.75) is 94.7 Å². The molecule has 11 heteroatoms. The van der Waals surface area contributed by atoms with Crippen LogP contribution in [0.4, 0.5) is 0 Å². The van der Waals surface area contributed by atoms with Gasteiger partial charge < -0.3 is 30.5 Å². The highest BCUT2D eigenvalue weighted by atomic mass is 16.6. The van der Waals surface area contributed by atoms with E-state index in [-0.39, 0.29) is 48.3 Å². The van der Waals surface area contributed by atoms with Crippen molar-refractivity contribution >= 4 is 29.6 Å². The average Bonchev–Trinajstić information content (AvgIpc) is 3.65. The number of likely N-dealkylation sites (tertiary alicyclic amines) is 1. The van der Waals surface area contributed by atoms with Crippen molar-refractivity contribution in [3.05, 3.63) is 35.4 Å². The van der Waals surface area contributed by atoms with Crippen LogP contribution in [-0.2, 0) is 30.5 Å². The van der Waals surface area contributed by atoms with Gasteiger partial charge in [-0.05, 0) is 57.4 Å². The zero-order valence-corrected chi connectivity index (χ0v) is 22.5. The van der Waals surface area contributed by atoms with Gasteiger partial charge in [0.05, 0.1) is 12.6 Å². The Morgan fingerprint density at radius 3 is 2.64 bits per heavy atom. The van der Waals surface area contributed by atoms with Gasteiger partial charge in [0, 0.05) is 24.6 Å². The van der Waals surface area contributed by atoms with Crippen LogP contribution in [0.1, 0.15) is 67.8 Å². The van der Waals surface area contributed by atoms with E-state index in [0.717, 1.165) is 31.2 Å². The second kappa shape index (κ2) is 11.3. The first-order valence-electron chi connectivity index (χ1n) is 13.9. The van der Waals surface area contributed by atoms with E-state index in [1.807, 2.05) is 6.07 Å². The van der Waals surface area contributed by atoms with Gasteiger partial charge in [0.15, 0.2) is 0 Å². The number of benzene rings is 1. The Balaban J connectivity index is 1.22. The molecule has 4 aliphatic heterocycles. The smallest absolute Gasteiger partial charge is 0.329 e. The third kappa shape index (κ3) is 5.50. The van der Waals surface area contributed by atoms with Crippen molar-refractivity contribution in [3.8, 4) is 0 Å². The summed E-state index contributed by atoms with van der Waals surface area (Å²) in [4.78, 5) is 67.6. The molecule has 4 amide bonds. The minimum atomic E-state index is -0.648. The van der Waals surface area contributed by atoms with Crippen LogP contribution in [0.2, 0.25) is 0 Å². The van der Waals surface area contributed by atoms with Crippen LogP contribution in [-0.4, -0.2) is 89.3 Å². The molecule has 4 aliphatic rings. The zero-order valence-electron chi connectivity index (χ0n) is 22.5. The second-order valence-corrected chi connectivity index (χ2v) is 11.0. The first-order valence-corrected chi connectivity index (χ1v) is 13.9. The number of amides is 4. The monoisotopic (exact) mass is 539 g/mol. The maximum absolute atomic E-state index is 13.6. The van der Waals surface area contributed by atoms with Crippen LogP contribution in [0, 0.1) is 0 Å². The van der Waals surface area contributed by atoms with Crippen molar-refractivity contribution in [3.63, 3.8) is 0 Å². The maximum atomic E-state index is 13.6. The third-order valence-corrected chi connectivity index (χ3v) is 8.50. The van der Waals surface area contributed by atoms with E-state index in [1.54, 1.807) is 42.0 Å². The van der Waals surface area contributed by atoms with Crippen LogP contribution >= 0.6 is 0 Å². The fourth-order valence-electron chi connectivity index (χ4n) is 6.21. The highest BCUT2D eigenvalue weighted by molar-refractivity contribution is 5.98. The SMILES string of the molecule is CNC(C)C(=O)N[C@H]1CCCC[C@H]2CC[C@@H](C(=O)NCc3cccc(C(=O)N4C[C@H]5C[C@@H]4C(=O)O5)c3)N2C1=O. The fourth-order valence-corrected chi connectivity index (χ4v) is 6.21. The van der Waals surface area contributed by atoms with E-state index in [1.165, 1.54) is 0 Å². The van der Waals surface area contributed by atoms with E-state index in [0.29, 0.717) is 31.4 Å². The van der Waals surface area contributed by atoms with Crippen LogP contribution in [0.15, 0.2) is 24.3 Å². The number of morpholine rings is 1. The molecule has 1 unspecified atom stereocenters. The molecule has 2 bridgehead atoms. The molecule has 4 heterocycles. The summed E-state index contributed by atoms with van der Waals surface area (Å²) >= 11 is 0. The van der Waals surface area contributed by atoms with Crippen LogP contribution in [0.5, 0.6) is 0 Å². The Morgan fingerprint density at radius 2 is 1.90 bits per heavy atom. The molecule has 5 rings (SSSR count). The van der Waals surface area contributed by atoms with E-state index >= 15 is 0 Å². The van der Waals surface area contributed by atoms with Gasteiger partial charge in [-0.15, -0.1) is 0 Å². The van der Waals surface area contributed by atoms with E-state index in [9.17, 15) is 24.0 Å².